The van der Waals surface area contributed by atoms with Gasteiger partial charge in [0.1, 0.15) is 0 Å². The highest BCUT2D eigenvalue weighted by Crippen LogP contribution is 2.29. The zero-order chi connectivity index (χ0) is 17.1. The number of aromatic nitrogens is 1. The molecule has 0 spiro atoms. The lowest BCUT2D eigenvalue weighted by molar-refractivity contribution is -0.255. The first-order valence-corrected chi connectivity index (χ1v) is 8.93. The van der Waals surface area contributed by atoms with Crippen LogP contribution < -0.4 is 10.4 Å². The fourth-order valence-electron chi connectivity index (χ4n) is 2.16. The first-order valence-electron chi connectivity index (χ1n) is 7.13. The summed E-state index contributed by atoms with van der Waals surface area (Å²) in [5.41, 5.74) is 2.29. The molecule has 0 aliphatic rings. The number of hydrogen-bond donors (Lipinski definition) is 1. The molecule has 0 unspecified atom stereocenters. The molecule has 122 valence electrons. The van der Waals surface area contributed by atoms with Crippen LogP contribution in [0.5, 0.6) is 0 Å². The normalized spacial score (nSPS) is 10.7. The lowest BCUT2D eigenvalue weighted by Gasteiger charge is -2.10. The highest BCUT2D eigenvalue weighted by molar-refractivity contribution is 8.01. The van der Waals surface area contributed by atoms with Crippen molar-refractivity contribution in [3.05, 3.63) is 53.6 Å². The molecule has 0 atom stereocenters. The van der Waals surface area contributed by atoms with Crippen molar-refractivity contribution in [2.75, 3.05) is 11.1 Å². The number of hydrogen-bond acceptors (Lipinski definition) is 6. The van der Waals surface area contributed by atoms with Crippen LogP contribution in [0.4, 0.5) is 5.69 Å². The van der Waals surface area contributed by atoms with Gasteiger partial charge >= 0.3 is 0 Å². The molecule has 1 heterocycles. The van der Waals surface area contributed by atoms with Crippen LogP contribution in [-0.2, 0) is 4.79 Å². The molecule has 5 nitrogen and oxygen atoms in total. The van der Waals surface area contributed by atoms with Gasteiger partial charge < -0.3 is 15.2 Å². The minimum Gasteiger partial charge on any atom is -0.545 e. The van der Waals surface area contributed by atoms with Gasteiger partial charge in [0.25, 0.3) is 0 Å². The molecule has 0 bridgehead atoms. The molecule has 0 fully saturated rings. The maximum atomic E-state index is 12.1. The third-order valence-electron chi connectivity index (χ3n) is 3.34. The van der Waals surface area contributed by atoms with Gasteiger partial charge in [-0.1, -0.05) is 30.0 Å². The summed E-state index contributed by atoms with van der Waals surface area (Å²) < 4.78 is 1.93. The summed E-state index contributed by atoms with van der Waals surface area (Å²) >= 11 is 2.93. The molecule has 0 saturated heterocycles. The largest absolute Gasteiger partial charge is 0.545 e. The highest BCUT2D eigenvalue weighted by atomic mass is 32.2. The van der Waals surface area contributed by atoms with Gasteiger partial charge in [-0.25, -0.2) is 4.98 Å². The number of aryl methyl sites for hydroxylation is 1. The van der Waals surface area contributed by atoms with Crippen LogP contribution in [0.2, 0.25) is 0 Å². The smallest absolute Gasteiger partial charge is 0.234 e. The van der Waals surface area contributed by atoms with Crippen LogP contribution in [0, 0.1) is 6.92 Å². The maximum absolute atomic E-state index is 12.1. The third kappa shape index (κ3) is 3.74. The first-order chi connectivity index (χ1) is 11.5. The van der Waals surface area contributed by atoms with E-state index in [-0.39, 0.29) is 17.2 Å². The average molecular weight is 357 g/mol. The predicted molar refractivity (Wildman–Crippen MR) is 94.5 cm³/mol. The Labute approximate surface area is 146 Å². The van der Waals surface area contributed by atoms with E-state index >= 15 is 0 Å². The second kappa shape index (κ2) is 7.02. The van der Waals surface area contributed by atoms with Crippen LogP contribution in [0.25, 0.3) is 10.2 Å². The Morgan fingerprint density at radius 2 is 2.04 bits per heavy atom. The standard InChI is InChI=1S/C17H14N2O3S2/c1-10-8-11(16(21)22)6-7-12(10)18-15(20)9-23-17-19-13-4-2-3-5-14(13)24-17/h2-8H,9H2,1H3,(H,18,20)(H,21,22)/p-1. The number of carboxylic acid groups (broad SMARTS) is 1. The molecule has 0 saturated carbocycles. The van der Waals surface area contributed by atoms with Gasteiger partial charge in [-0.05, 0) is 42.3 Å². The number of fused-ring (bicyclic) bond motifs is 1. The lowest BCUT2D eigenvalue weighted by atomic mass is 10.1. The molecule has 3 aromatic rings. The molecule has 7 heteroatoms. The number of para-hydroxylation sites is 1. The monoisotopic (exact) mass is 357 g/mol. The molecule has 24 heavy (non-hydrogen) atoms. The van der Waals surface area contributed by atoms with Crippen molar-refractivity contribution in [2.24, 2.45) is 0 Å². The molecule has 0 radical (unpaired) electrons. The van der Waals surface area contributed by atoms with Gasteiger partial charge in [-0.2, -0.15) is 0 Å². The fraction of sp³-hybridized carbons (Fsp3) is 0.118. The van der Waals surface area contributed by atoms with E-state index in [1.54, 1.807) is 24.3 Å². The number of nitrogens with zero attached hydrogens (tertiary/aromatic N) is 1. The van der Waals surface area contributed by atoms with Gasteiger partial charge in [0.2, 0.25) is 5.91 Å². The van der Waals surface area contributed by atoms with E-state index in [2.05, 4.69) is 10.3 Å². The second-order valence-corrected chi connectivity index (χ2v) is 7.35. The fourth-order valence-corrected chi connectivity index (χ4v) is 4.03. The van der Waals surface area contributed by atoms with Gasteiger partial charge in [-0.15, -0.1) is 11.3 Å². The van der Waals surface area contributed by atoms with Gasteiger partial charge in [0, 0.05) is 5.69 Å². The number of aromatic carboxylic acids is 1. The van der Waals surface area contributed by atoms with Crippen LogP contribution in [-0.4, -0.2) is 22.6 Å². The number of nitrogens with one attached hydrogen (secondary N) is 1. The summed E-state index contributed by atoms with van der Waals surface area (Å²) in [5.74, 6) is -1.16. The van der Waals surface area contributed by atoms with Crippen molar-refractivity contribution in [2.45, 2.75) is 11.3 Å². The van der Waals surface area contributed by atoms with Crippen molar-refractivity contribution < 1.29 is 14.7 Å². The first kappa shape index (κ1) is 16.5. The number of benzene rings is 2. The summed E-state index contributed by atoms with van der Waals surface area (Å²) in [5, 5.41) is 13.6. The molecule has 2 aromatic carbocycles. The van der Waals surface area contributed by atoms with Crippen molar-refractivity contribution in [1.82, 2.24) is 4.98 Å². The average Bonchev–Trinajstić information content (AvgIpc) is 2.97. The zero-order valence-corrected chi connectivity index (χ0v) is 14.4. The van der Waals surface area contributed by atoms with Crippen LogP contribution in [0.3, 0.4) is 0 Å². The van der Waals surface area contributed by atoms with E-state index in [0.29, 0.717) is 11.3 Å². The summed E-state index contributed by atoms with van der Waals surface area (Å²) in [4.78, 5) is 27.4. The number of amides is 1. The Kier molecular flexibility index (Phi) is 4.82. The topological polar surface area (TPSA) is 82.1 Å². The number of carbonyl (C=O) groups is 2. The molecule has 1 aromatic heterocycles. The molecule has 3 rings (SSSR count). The quantitative estimate of drug-likeness (QED) is 0.710. The van der Waals surface area contributed by atoms with E-state index in [1.165, 1.54) is 23.9 Å². The van der Waals surface area contributed by atoms with Crippen molar-refractivity contribution in [3.63, 3.8) is 0 Å². The van der Waals surface area contributed by atoms with Crippen molar-refractivity contribution in [1.29, 1.82) is 0 Å². The van der Waals surface area contributed by atoms with Crippen molar-refractivity contribution in [3.8, 4) is 0 Å². The number of rotatable bonds is 5. The third-order valence-corrected chi connectivity index (χ3v) is 5.52. The number of anilines is 1. The van der Waals surface area contributed by atoms with Gasteiger partial charge in [-0.3, -0.25) is 4.79 Å². The highest BCUT2D eigenvalue weighted by Gasteiger charge is 2.09. The molecule has 0 aliphatic carbocycles. The van der Waals surface area contributed by atoms with Gasteiger partial charge in [0.05, 0.1) is 21.9 Å². The number of thiazole rings is 1. The Balaban J connectivity index is 1.62. The maximum Gasteiger partial charge on any atom is 0.234 e. The molecule has 1 N–H and O–H groups in total. The van der Waals surface area contributed by atoms with Crippen LogP contribution in [0.15, 0.2) is 46.8 Å². The van der Waals surface area contributed by atoms with Gasteiger partial charge in [0.15, 0.2) is 4.34 Å². The summed E-state index contributed by atoms with van der Waals surface area (Å²) in [7, 11) is 0. The number of carboxylic acids is 1. The molecular weight excluding hydrogens is 344 g/mol. The Morgan fingerprint density at radius 1 is 1.25 bits per heavy atom. The summed E-state index contributed by atoms with van der Waals surface area (Å²) in [6.07, 6.45) is 0. The number of carbonyl (C=O) groups excluding carboxylic acids is 2. The van der Waals surface area contributed by atoms with E-state index in [0.717, 1.165) is 14.6 Å². The lowest BCUT2D eigenvalue weighted by Crippen LogP contribution is -2.22. The van der Waals surface area contributed by atoms with E-state index in [4.69, 9.17) is 0 Å². The second-order valence-electron chi connectivity index (χ2n) is 5.10. The summed E-state index contributed by atoms with van der Waals surface area (Å²) in [6.45, 7) is 1.74. The molecule has 1 amide bonds. The zero-order valence-electron chi connectivity index (χ0n) is 12.7. The predicted octanol–water partition coefficient (Wildman–Crippen LogP) is 2.70. The van der Waals surface area contributed by atoms with Crippen molar-refractivity contribution >= 4 is 50.9 Å². The Morgan fingerprint density at radius 3 is 2.75 bits per heavy atom. The minimum absolute atomic E-state index is 0.0920. The van der Waals surface area contributed by atoms with E-state index < -0.39 is 5.97 Å². The Hall–Kier alpha value is -2.38. The minimum atomic E-state index is -1.23. The molecule has 0 aliphatic heterocycles. The Bertz CT molecular complexity index is 888. The van der Waals surface area contributed by atoms with Crippen LogP contribution in [0.1, 0.15) is 15.9 Å². The van der Waals surface area contributed by atoms with Crippen LogP contribution >= 0.6 is 23.1 Å². The number of thioether (sulfide) groups is 1. The van der Waals surface area contributed by atoms with E-state index in [1.807, 2.05) is 24.3 Å². The van der Waals surface area contributed by atoms with E-state index in [9.17, 15) is 14.7 Å². The molecular formula is C17H13N2O3S2-. The SMILES string of the molecule is Cc1cc(C(=O)[O-])ccc1NC(=O)CSc1nc2ccccc2s1. The summed E-state index contributed by atoms with van der Waals surface area (Å²) in [6, 6.07) is 12.3.